The van der Waals surface area contributed by atoms with Crippen LogP contribution in [0.15, 0.2) is 4.47 Å². The van der Waals surface area contributed by atoms with Crippen molar-refractivity contribution in [1.82, 2.24) is 15.1 Å². The fraction of sp³-hybridized carbons (Fsp3) is 0.824. The second-order valence-corrected chi connectivity index (χ2v) is 7.81. The molecule has 0 bridgehead atoms. The number of nitrogens with one attached hydrogen (secondary N) is 1. The molecule has 0 amide bonds. The van der Waals surface area contributed by atoms with Crippen LogP contribution in [0.25, 0.3) is 0 Å². The number of nitrogens with zero attached hydrogens (tertiary/aromatic N) is 2. The van der Waals surface area contributed by atoms with Gasteiger partial charge in [0.25, 0.3) is 0 Å². The van der Waals surface area contributed by atoms with Crippen molar-refractivity contribution >= 4 is 15.9 Å². The molecule has 0 spiro atoms. The molecule has 1 saturated carbocycles. The van der Waals surface area contributed by atoms with Gasteiger partial charge in [-0.05, 0) is 59.9 Å². The first kappa shape index (κ1) is 17.0. The summed E-state index contributed by atoms with van der Waals surface area (Å²) < 4.78 is 3.43. The van der Waals surface area contributed by atoms with Crippen LogP contribution in [0, 0.1) is 11.3 Å². The van der Waals surface area contributed by atoms with Crippen LogP contribution in [0.5, 0.6) is 0 Å². The Hall–Kier alpha value is -0.350. The van der Waals surface area contributed by atoms with Gasteiger partial charge in [0.2, 0.25) is 0 Å². The first-order chi connectivity index (χ1) is 9.91. The quantitative estimate of drug-likeness (QED) is 0.757. The van der Waals surface area contributed by atoms with Gasteiger partial charge in [-0.3, -0.25) is 4.68 Å². The summed E-state index contributed by atoms with van der Waals surface area (Å²) >= 11 is 3.80. The summed E-state index contributed by atoms with van der Waals surface area (Å²) in [7, 11) is 0. The van der Waals surface area contributed by atoms with Crippen LogP contribution in [0.3, 0.4) is 0 Å². The molecular weight excluding hydrogens is 326 g/mol. The normalized spacial score (nSPS) is 18.2. The van der Waals surface area contributed by atoms with E-state index in [2.05, 4.69) is 60.5 Å². The topological polar surface area (TPSA) is 29.9 Å². The largest absolute Gasteiger partial charge is 0.314 e. The molecule has 0 radical (unpaired) electrons. The molecule has 0 aliphatic heterocycles. The number of halogens is 1. The van der Waals surface area contributed by atoms with E-state index in [1.165, 1.54) is 28.7 Å². The van der Waals surface area contributed by atoms with Crippen molar-refractivity contribution in [1.29, 1.82) is 0 Å². The first-order valence-electron chi connectivity index (χ1n) is 8.38. The van der Waals surface area contributed by atoms with Gasteiger partial charge < -0.3 is 5.32 Å². The molecule has 0 saturated heterocycles. The number of hydrogen-bond donors (Lipinski definition) is 1. The Labute approximate surface area is 138 Å². The highest BCUT2D eigenvalue weighted by Crippen LogP contribution is 2.48. The third kappa shape index (κ3) is 3.89. The zero-order chi connectivity index (χ0) is 15.6. The SMILES string of the molecule is CCc1nn(CC)c(CC(C)(CNC(C)C)C2CC2)c1Br. The second kappa shape index (κ2) is 6.82. The standard InChI is InChI=1S/C17H30BrN3/c1-6-14-16(18)15(21(7-2)20-14)10-17(5,13-8-9-13)11-19-12(3)4/h12-13,19H,6-11H2,1-5H3. The fourth-order valence-electron chi connectivity index (χ4n) is 3.14. The third-order valence-corrected chi connectivity index (χ3v) is 5.66. The highest BCUT2D eigenvalue weighted by atomic mass is 79.9. The zero-order valence-corrected chi connectivity index (χ0v) is 15.8. The lowest BCUT2D eigenvalue weighted by molar-refractivity contribution is 0.242. The van der Waals surface area contributed by atoms with Gasteiger partial charge in [0.15, 0.2) is 0 Å². The van der Waals surface area contributed by atoms with E-state index in [0.717, 1.165) is 31.8 Å². The molecular formula is C17H30BrN3. The molecule has 1 atom stereocenters. The molecule has 1 N–H and O–H groups in total. The molecule has 1 unspecified atom stereocenters. The van der Waals surface area contributed by atoms with Gasteiger partial charge in [-0.2, -0.15) is 5.10 Å². The Kier molecular flexibility index (Phi) is 5.53. The van der Waals surface area contributed by atoms with Crippen LogP contribution >= 0.6 is 15.9 Å². The molecule has 120 valence electrons. The van der Waals surface area contributed by atoms with E-state index in [-0.39, 0.29) is 0 Å². The summed E-state index contributed by atoms with van der Waals surface area (Å²) in [4.78, 5) is 0. The van der Waals surface area contributed by atoms with Gasteiger partial charge in [-0.1, -0.05) is 27.7 Å². The maximum atomic E-state index is 4.76. The lowest BCUT2D eigenvalue weighted by Crippen LogP contribution is -2.39. The summed E-state index contributed by atoms with van der Waals surface area (Å²) in [5.74, 6) is 0.862. The van der Waals surface area contributed by atoms with Gasteiger partial charge in [0.05, 0.1) is 15.9 Å². The Bertz CT molecular complexity index is 477. The number of rotatable bonds is 8. The molecule has 0 aromatic carbocycles. The van der Waals surface area contributed by atoms with E-state index in [9.17, 15) is 0 Å². The molecule has 3 nitrogen and oxygen atoms in total. The van der Waals surface area contributed by atoms with Crippen LogP contribution < -0.4 is 5.32 Å². The number of aromatic nitrogens is 2. The smallest absolute Gasteiger partial charge is 0.0766 e. The molecule has 4 heteroatoms. The van der Waals surface area contributed by atoms with Crippen molar-refractivity contribution in [2.24, 2.45) is 11.3 Å². The van der Waals surface area contributed by atoms with E-state index >= 15 is 0 Å². The summed E-state index contributed by atoms with van der Waals surface area (Å²) in [5.41, 5.74) is 2.92. The van der Waals surface area contributed by atoms with E-state index in [4.69, 9.17) is 5.10 Å². The van der Waals surface area contributed by atoms with Gasteiger partial charge >= 0.3 is 0 Å². The summed E-state index contributed by atoms with van der Waals surface area (Å²) in [6.45, 7) is 13.3. The minimum Gasteiger partial charge on any atom is -0.314 e. The molecule has 2 rings (SSSR count). The van der Waals surface area contributed by atoms with Crippen molar-refractivity contribution in [2.45, 2.75) is 72.9 Å². The Morgan fingerprint density at radius 1 is 1.38 bits per heavy atom. The first-order valence-corrected chi connectivity index (χ1v) is 9.18. The van der Waals surface area contributed by atoms with Crippen molar-refractivity contribution in [3.63, 3.8) is 0 Å². The van der Waals surface area contributed by atoms with E-state index in [1.807, 2.05) is 0 Å². The molecule has 1 fully saturated rings. The minimum atomic E-state index is 0.338. The molecule has 1 aromatic rings. The fourth-order valence-corrected chi connectivity index (χ4v) is 3.84. The lowest BCUT2D eigenvalue weighted by atomic mass is 9.80. The highest BCUT2D eigenvalue weighted by Gasteiger charge is 2.42. The maximum absolute atomic E-state index is 4.76. The monoisotopic (exact) mass is 355 g/mol. The van der Waals surface area contributed by atoms with Gasteiger partial charge in [-0.15, -0.1) is 0 Å². The molecule has 1 aromatic heterocycles. The van der Waals surface area contributed by atoms with Gasteiger partial charge in [0, 0.05) is 19.1 Å². The van der Waals surface area contributed by atoms with Crippen molar-refractivity contribution in [2.75, 3.05) is 6.54 Å². The molecule has 21 heavy (non-hydrogen) atoms. The number of hydrogen-bond acceptors (Lipinski definition) is 2. The Morgan fingerprint density at radius 3 is 2.52 bits per heavy atom. The minimum absolute atomic E-state index is 0.338. The lowest BCUT2D eigenvalue weighted by Gasteiger charge is -2.31. The predicted molar refractivity (Wildman–Crippen MR) is 92.7 cm³/mol. The average molecular weight is 356 g/mol. The second-order valence-electron chi connectivity index (χ2n) is 7.02. The Balaban J connectivity index is 2.22. The number of aryl methyl sites for hydroxylation is 2. The van der Waals surface area contributed by atoms with E-state index in [0.29, 0.717) is 11.5 Å². The molecule has 1 heterocycles. The molecule has 1 aliphatic carbocycles. The van der Waals surface area contributed by atoms with Crippen molar-refractivity contribution in [3.05, 3.63) is 15.9 Å². The Morgan fingerprint density at radius 2 is 2.05 bits per heavy atom. The summed E-state index contributed by atoms with van der Waals surface area (Å²) in [6, 6.07) is 0.550. The van der Waals surface area contributed by atoms with Crippen LogP contribution in [0.1, 0.15) is 58.8 Å². The van der Waals surface area contributed by atoms with Gasteiger partial charge in [0.1, 0.15) is 0 Å². The highest BCUT2D eigenvalue weighted by molar-refractivity contribution is 9.10. The maximum Gasteiger partial charge on any atom is 0.0766 e. The van der Waals surface area contributed by atoms with Crippen LogP contribution in [0.4, 0.5) is 0 Å². The van der Waals surface area contributed by atoms with Crippen LogP contribution in [-0.4, -0.2) is 22.4 Å². The van der Waals surface area contributed by atoms with Crippen LogP contribution in [0.2, 0.25) is 0 Å². The van der Waals surface area contributed by atoms with Gasteiger partial charge in [-0.25, -0.2) is 0 Å². The van der Waals surface area contributed by atoms with Crippen molar-refractivity contribution in [3.8, 4) is 0 Å². The third-order valence-electron chi connectivity index (χ3n) is 4.74. The summed E-state index contributed by atoms with van der Waals surface area (Å²) in [6.07, 6.45) is 4.87. The van der Waals surface area contributed by atoms with Crippen LogP contribution in [-0.2, 0) is 19.4 Å². The molecule has 1 aliphatic rings. The predicted octanol–water partition coefficient (Wildman–Crippen LogP) is 4.18. The zero-order valence-electron chi connectivity index (χ0n) is 14.2. The van der Waals surface area contributed by atoms with E-state index < -0.39 is 0 Å². The average Bonchev–Trinajstić information content (AvgIpc) is 3.25. The van der Waals surface area contributed by atoms with Crippen molar-refractivity contribution < 1.29 is 0 Å². The van der Waals surface area contributed by atoms with E-state index in [1.54, 1.807) is 0 Å². The summed E-state index contributed by atoms with van der Waals surface area (Å²) in [5, 5.41) is 8.42.